The summed E-state index contributed by atoms with van der Waals surface area (Å²) in [7, 11) is 0. The van der Waals surface area contributed by atoms with E-state index >= 15 is 0 Å². The Bertz CT molecular complexity index is 1240. The van der Waals surface area contributed by atoms with Gasteiger partial charge in [0.1, 0.15) is 0 Å². The summed E-state index contributed by atoms with van der Waals surface area (Å²) in [5.41, 5.74) is 1.47. The number of amides is 2. The van der Waals surface area contributed by atoms with Gasteiger partial charge in [-0.05, 0) is 59.6 Å². The van der Waals surface area contributed by atoms with Crippen LogP contribution in [-0.4, -0.2) is 32.6 Å². The molecule has 0 bridgehead atoms. The van der Waals surface area contributed by atoms with Crippen molar-refractivity contribution in [2.45, 2.75) is 13.5 Å². The predicted molar refractivity (Wildman–Crippen MR) is 123 cm³/mol. The molecule has 0 unspecified atom stereocenters. The van der Waals surface area contributed by atoms with Crippen LogP contribution in [0.15, 0.2) is 59.6 Å². The average molecular weight is 486 g/mol. The molecule has 0 radical (unpaired) electrons. The molecule has 1 fully saturated rings. The zero-order chi connectivity index (χ0) is 23.4. The summed E-state index contributed by atoms with van der Waals surface area (Å²) in [5.74, 6) is -0.975. The SMILES string of the molecule is CCOc1cc(/C=C2/SC(=O)N(Cc3ccccc3)C2=O)ccc1Oc1nc(Cl)ncc1F. The van der Waals surface area contributed by atoms with Crippen LogP contribution in [0.2, 0.25) is 5.28 Å². The second-order valence-corrected chi connectivity index (χ2v) is 8.12. The van der Waals surface area contributed by atoms with Crippen LogP contribution in [0.1, 0.15) is 18.1 Å². The molecule has 0 atom stereocenters. The van der Waals surface area contributed by atoms with Crippen molar-refractivity contribution in [3.63, 3.8) is 0 Å². The minimum absolute atomic E-state index is 0.160. The number of ether oxygens (including phenoxy) is 2. The van der Waals surface area contributed by atoms with Crippen molar-refractivity contribution in [3.8, 4) is 17.4 Å². The lowest BCUT2D eigenvalue weighted by Gasteiger charge is -2.13. The third-order valence-electron chi connectivity index (χ3n) is 4.51. The molecule has 168 valence electrons. The number of carbonyl (C=O) groups excluding carboxylic acids is 2. The molecule has 0 N–H and O–H groups in total. The second-order valence-electron chi connectivity index (χ2n) is 6.79. The molecular weight excluding hydrogens is 469 g/mol. The fourth-order valence-electron chi connectivity index (χ4n) is 3.03. The maximum atomic E-state index is 14.0. The lowest BCUT2D eigenvalue weighted by molar-refractivity contribution is -0.123. The van der Waals surface area contributed by atoms with Gasteiger partial charge in [-0.15, -0.1) is 0 Å². The van der Waals surface area contributed by atoms with E-state index in [1.807, 2.05) is 30.3 Å². The Morgan fingerprint density at radius 3 is 2.70 bits per heavy atom. The van der Waals surface area contributed by atoms with Gasteiger partial charge in [0.05, 0.1) is 24.3 Å². The van der Waals surface area contributed by atoms with E-state index < -0.39 is 5.82 Å². The van der Waals surface area contributed by atoms with E-state index in [1.54, 1.807) is 31.2 Å². The first kappa shape index (κ1) is 22.8. The molecule has 1 aliphatic heterocycles. The van der Waals surface area contributed by atoms with Gasteiger partial charge < -0.3 is 9.47 Å². The van der Waals surface area contributed by atoms with Crippen LogP contribution in [0.25, 0.3) is 6.08 Å². The summed E-state index contributed by atoms with van der Waals surface area (Å²) in [4.78, 5) is 34.0. The number of carbonyl (C=O) groups is 2. The fourth-order valence-corrected chi connectivity index (χ4v) is 3.99. The number of nitrogens with zero attached hydrogens (tertiary/aromatic N) is 3. The summed E-state index contributed by atoms with van der Waals surface area (Å²) in [6.45, 7) is 2.31. The molecule has 3 aromatic rings. The average Bonchev–Trinajstić information content (AvgIpc) is 3.06. The van der Waals surface area contributed by atoms with Gasteiger partial charge in [-0.1, -0.05) is 36.4 Å². The van der Waals surface area contributed by atoms with Crippen molar-refractivity contribution in [2.24, 2.45) is 0 Å². The summed E-state index contributed by atoms with van der Waals surface area (Å²) >= 11 is 6.59. The van der Waals surface area contributed by atoms with Crippen molar-refractivity contribution in [1.82, 2.24) is 14.9 Å². The monoisotopic (exact) mass is 485 g/mol. The van der Waals surface area contributed by atoms with Gasteiger partial charge in [0.25, 0.3) is 17.0 Å². The number of hydrogen-bond donors (Lipinski definition) is 0. The number of imide groups is 1. The maximum absolute atomic E-state index is 14.0. The molecule has 33 heavy (non-hydrogen) atoms. The zero-order valence-corrected chi connectivity index (χ0v) is 18.9. The minimum atomic E-state index is -0.780. The largest absolute Gasteiger partial charge is 0.490 e. The molecule has 7 nitrogen and oxygen atoms in total. The number of rotatable bonds is 7. The molecule has 4 rings (SSSR count). The van der Waals surface area contributed by atoms with Gasteiger partial charge in [-0.2, -0.15) is 9.37 Å². The maximum Gasteiger partial charge on any atom is 0.293 e. The Labute approximate surface area is 198 Å². The highest BCUT2D eigenvalue weighted by atomic mass is 35.5. The van der Waals surface area contributed by atoms with E-state index in [-0.39, 0.29) is 34.6 Å². The third-order valence-corrected chi connectivity index (χ3v) is 5.60. The van der Waals surface area contributed by atoms with Crippen LogP contribution in [0.3, 0.4) is 0 Å². The highest BCUT2D eigenvalue weighted by Gasteiger charge is 2.35. The second kappa shape index (κ2) is 10.0. The molecule has 10 heteroatoms. The van der Waals surface area contributed by atoms with E-state index in [1.165, 1.54) is 4.90 Å². The molecule has 2 aromatic carbocycles. The van der Waals surface area contributed by atoms with E-state index in [4.69, 9.17) is 21.1 Å². The first-order chi connectivity index (χ1) is 15.9. The fraction of sp³-hybridized carbons (Fsp3) is 0.130. The number of thioether (sulfide) groups is 1. The normalized spacial score (nSPS) is 14.8. The summed E-state index contributed by atoms with van der Waals surface area (Å²) in [6, 6.07) is 14.1. The Morgan fingerprint density at radius 1 is 1.15 bits per heavy atom. The highest BCUT2D eigenvalue weighted by molar-refractivity contribution is 8.18. The molecular formula is C23H17ClFN3O4S. The number of halogens is 2. The Morgan fingerprint density at radius 2 is 1.94 bits per heavy atom. The van der Waals surface area contributed by atoms with E-state index in [0.717, 1.165) is 23.5 Å². The third kappa shape index (κ3) is 5.32. The predicted octanol–water partition coefficient (Wildman–Crippen LogP) is 5.70. The van der Waals surface area contributed by atoms with Crippen molar-refractivity contribution in [1.29, 1.82) is 0 Å². The summed E-state index contributed by atoms with van der Waals surface area (Å²) in [6.07, 6.45) is 2.51. The summed E-state index contributed by atoms with van der Waals surface area (Å²) < 4.78 is 25.1. The Kier molecular flexibility index (Phi) is 6.90. The molecule has 0 spiro atoms. The van der Waals surface area contributed by atoms with Crippen molar-refractivity contribution in [2.75, 3.05) is 6.61 Å². The molecule has 1 aliphatic rings. The lowest BCUT2D eigenvalue weighted by atomic mass is 10.1. The van der Waals surface area contributed by atoms with E-state index in [9.17, 15) is 14.0 Å². The molecule has 1 saturated heterocycles. The van der Waals surface area contributed by atoms with Gasteiger partial charge in [-0.3, -0.25) is 14.5 Å². The van der Waals surface area contributed by atoms with Gasteiger partial charge in [-0.25, -0.2) is 4.98 Å². The standard InChI is InChI=1S/C23H17ClFN3O4S/c1-2-31-18-10-15(8-9-17(18)32-20-16(25)12-26-22(24)27-20)11-19-21(29)28(23(30)33-19)13-14-6-4-3-5-7-14/h3-12H,2,13H2,1H3/b19-11+. The van der Waals surface area contributed by atoms with E-state index in [2.05, 4.69) is 9.97 Å². The summed E-state index contributed by atoms with van der Waals surface area (Å²) in [5, 5.41) is -0.497. The molecule has 2 amide bonds. The van der Waals surface area contributed by atoms with E-state index in [0.29, 0.717) is 22.8 Å². The van der Waals surface area contributed by atoms with Crippen LogP contribution in [0.4, 0.5) is 9.18 Å². The zero-order valence-electron chi connectivity index (χ0n) is 17.3. The first-order valence-corrected chi connectivity index (χ1v) is 11.1. The number of hydrogen-bond acceptors (Lipinski definition) is 7. The van der Waals surface area contributed by atoms with Crippen LogP contribution in [-0.2, 0) is 11.3 Å². The topological polar surface area (TPSA) is 81.6 Å². The smallest absolute Gasteiger partial charge is 0.293 e. The number of benzene rings is 2. The van der Waals surface area contributed by atoms with Crippen LogP contribution >= 0.6 is 23.4 Å². The van der Waals surface area contributed by atoms with Crippen LogP contribution in [0, 0.1) is 5.82 Å². The van der Waals surface area contributed by atoms with Gasteiger partial charge >= 0.3 is 0 Å². The van der Waals surface area contributed by atoms with Crippen molar-refractivity contribution >= 4 is 40.6 Å². The van der Waals surface area contributed by atoms with Crippen molar-refractivity contribution < 1.29 is 23.5 Å². The molecule has 0 saturated carbocycles. The van der Waals surface area contributed by atoms with Crippen LogP contribution < -0.4 is 9.47 Å². The number of aromatic nitrogens is 2. The first-order valence-electron chi connectivity index (χ1n) is 9.86. The molecule has 1 aromatic heterocycles. The van der Waals surface area contributed by atoms with Gasteiger partial charge in [0, 0.05) is 0 Å². The Hall–Kier alpha value is -3.43. The molecule has 2 heterocycles. The van der Waals surface area contributed by atoms with Gasteiger partial charge in [0.15, 0.2) is 11.5 Å². The quantitative estimate of drug-likeness (QED) is 0.314. The lowest BCUT2D eigenvalue weighted by Crippen LogP contribution is -2.27. The Balaban J connectivity index is 1.57. The van der Waals surface area contributed by atoms with Crippen LogP contribution in [0.5, 0.6) is 17.4 Å². The van der Waals surface area contributed by atoms with Gasteiger partial charge in [0.2, 0.25) is 11.1 Å². The molecule has 0 aliphatic carbocycles. The highest BCUT2D eigenvalue weighted by Crippen LogP contribution is 2.37. The van der Waals surface area contributed by atoms with Crippen molar-refractivity contribution in [3.05, 3.63) is 81.9 Å². The minimum Gasteiger partial charge on any atom is -0.490 e.